The van der Waals surface area contributed by atoms with Crippen molar-refractivity contribution in [2.24, 2.45) is 0 Å². The fourth-order valence-corrected chi connectivity index (χ4v) is 0.768. The summed E-state index contributed by atoms with van der Waals surface area (Å²) in [6, 6.07) is 9.19. The molecule has 0 atom stereocenters. The van der Waals surface area contributed by atoms with E-state index in [0.29, 0.717) is 6.42 Å². The Labute approximate surface area is 60.7 Å². The van der Waals surface area contributed by atoms with Crippen LogP contribution >= 0.6 is 0 Å². The van der Waals surface area contributed by atoms with Gasteiger partial charge < -0.3 is 6.92 Å². The molecule has 0 heterocycles. The SMILES string of the molecule is [CH2-]CC(=O)c1ccccc1. The second-order valence-electron chi connectivity index (χ2n) is 2.04. The molecule has 1 heteroatoms. The van der Waals surface area contributed by atoms with E-state index in [1.165, 1.54) is 0 Å². The lowest BCUT2D eigenvalue weighted by atomic mass is 10.1. The number of Topliss-reactive ketones (excluding diaryl/α,β-unsaturated/α-hetero) is 1. The van der Waals surface area contributed by atoms with Crippen molar-refractivity contribution in [1.82, 2.24) is 0 Å². The molecule has 0 spiro atoms. The summed E-state index contributed by atoms with van der Waals surface area (Å²) in [7, 11) is 0. The van der Waals surface area contributed by atoms with Crippen LogP contribution in [0.2, 0.25) is 0 Å². The van der Waals surface area contributed by atoms with Gasteiger partial charge in [-0.15, -0.1) is 6.42 Å². The van der Waals surface area contributed by atoms with Gasteiger partial charge in [0.2, 0.25) is 0 Å². The first kappa shape index (κ1) is 7.00. The number of carbonyl (C=O) groups is 1. The van der Waals surface area contributed by atoms with Crippen LogP contribution in [0.5, 0.6) is 0 Å². The smallest absolute Gasteiger partial charge is 0.133 e. The monoisotopic (exact) mass is 133 g/mol. The molecule has 0 aliphatic rings. The first-order chi connectivity index (χ1) is 4.84. The van der Waals surface area contributed by atoms with Gasteiger partial charge in [0.25, 0.3) is 0 Å². The minimum absolute atomic E-state index is 0.0978. The molecule has 0 saturated heterocycles. The molecule has 0 aromatic heterocycles. The van der Waals surface area contributed by atoms with Crippen molar-refractivity contribution >= 4 is 5.78 Å². The Bertz CT molecular complexity index is 213. The molecule has 1 aromatic rings. The molecule has 0 aliphatic heterocycles. The van der Waals surface area contributed by atoms with Gasteiger partial charge in [-0.1, -0.05) is 30.3 Å². The summed E-state index contributed by atoms with van der Waals surface area (Å²) in [5.74, 6) is 0.0978. The van der Waals surface area contributed by atoms with Gasteiger partial charge >= 0.3 is 0 Å². The lowest BCUT2D eigenvalue weighted by Crippen LogP contribution is -1.94. The zero-order valence-corrected chi connectivity index (χ0v) is 5.71. The minimum atomic E-state index is 0.0978. The molecule has 10 heavy (non-hydrogen) atoms. The van der Waals surface area contributed by atoms with Crippen LogP contribution in [0.25, 0.3) is 0 Å². The number of ketones is 1. The highest BCUT2D eigenvalue weighted by atomic mass is 16.1. The third kappa shape index (κ3) is 1.44. The molecular weight excluding hydrogens is 124 g/mol. The molecule has 0 fully saturated rings. The first-order valence-electron chi connectivity index (χ1n) is 3.22. The summed E-state index contributed by atoms with van der Waals surface area (Å²) in [5.41, 5.74) is 0.748. The van der Waals surface area contributed by atoms with Gasteiger partial charge in [-0.05, 0) is 0 Å². The van der Waals surface area contributed by atoms with Gasteiger partial charge in [-0.25, -0.2) is 0 Å². The predicted octanol–water partition coefficient (Wildman–Crippen LogP) is 2.09. The number of carbonyl (C=O) groups excluding carboxylic acids is 1. The summed E-state index contributed by atoms with van der Waals surface area (Å²) < 4.78 is 0. The highest BCUT2D eigenvalue weighted by molar-refractivity contribution is 5.96. The number of hydrogen-bond donors (Lipinski definition) is 0. The van der Waals surface area contributed by atoms with E-state index in [4.69, 9.17) is 0 Å². The molecule has 1 nitrogen and oxygen atoms in total. The van der Waals surface area contributed by atoms with Crippen LogP contribution < -0.4 is 0 Å². The standard InChI is InChI=1S/C9H9O/c1-2-9(10)8-6-4-3-5-7-8/h3-7H,1-2H2/q-1. The number of hydrogen-bond acceptors (Lipinski definition) is 1. The molecule has 52 valence electrons. The van der Waals surface area contributed by atoms with Crippen LogP contribution in [0.3, 0.4) is 0 Å². The molecule has 1 rings (SSSR count). The highest BCUT2D eigenvalue weighted by Gasteiger charge is 1.95. The van der Waals surface area contributed by atoms with Crippen LogP contribution in [-0.4, -0.2) is 5.78 Å². The fourth-order valence-electron chi connectivity index (χ4n) is 0.768. The third-order valence-electron chi connectivity index (χ3n) is 1.32. The van der Waals surface area contributed by atoms with Gasteiger partial charge in [-0.2, -0.15) is 0 Å². The van der Waals surface area contributed by atoms with Crippen LogP contribution in [0, 0.1) is 6.92 Å². The Morgan fingerprint density at radius 3 is 2.40 bits per heavy atom. The molecule has 0 aliphatic carbocycles. The zero-order chi connectivity index (χ0) is 7.40. The van der Waals surface area contributed by atoms with Crippen molar-refractivity contribution in [2.75, 3.05) is 0 Å². The first-order valence-corrected chi connectivity index (χ1v) is 3.22. The maximum atomic E-state index is 11.0. The van der Waals surface area contributed by atoms with Crippen molar-refractivity contribution in [3.05, 3.63) is 42.8 Å². The van der Waals surface area contributed by atoms with Crippen LogP contribution in [0.4, 0.5) is 0 Å². The predicted molar refractivity (Wildman–Crippen MR) is 40.7 cm³/mol. The van der Waals surface area contributed by atoms with Gasteiger partial charge in [0, 0.05) is 5.56 Å². The van der Waals surface area contributed by atoms with E-state index in [1.54, 1.807) is 12.1 Å². The van der Waals surface area contributed by atoms with Crippen LogP contribution in [0.15, 0.2) is 30.3 Å². The van der Waals surface area contributed by atoms with Gasteiger partial charge in [0.05, 0.1) is 0 Å². The minimum Gasteiger partial charge on any atom is -0.336 e. The summed E-state index contributed by atoms with van der Waals surface area (Å²) in [6.45, 7) is 3.51. The Kier molecular flexibility index (Phi) is 2.21. The molecule has 0 bridgehead atoms. The van der Waals surface area contributed by atoms with Crippen molar-refractivity contribution < 1.29 is 4.79 Å². The Morgan fingerprint density at radius 1 is 1.30 bits per heavy atom. The number of benzene rings is 1. The molecule has 0 amide bonds. The third-order valence-corrected chi connectivity index (χ3v) is 1.32. The van der Waals surface area contributed by atoms with Crippen molar-refractivity contribution in [1.29, 1.82) is 0 Å². The van der Waals surface area contributed by atoms with Crippen molar-refractivity contribution in [3.8, 4) is 0 Å². The molecule has 0 unspecified atom stereocenters. The quantitative estimate of drug-likeness (QED) is 0.446. The zero-order valence-electron chi connectivity index (χ0n) is 5.71. The summed E-state index contributed by atoms with van der Waals surface area (Å²) in [5, 5.41) is 0. The maximum Gasteiger partial charge on any atom is 0.133 e. The molecule has 0 radical (unpaired) electrons. The maximum absolute atomic E-state index is 11.0. The summed E-state index contributed by atoms with van der Waals surface area (Å²) >= 11 is 0. The Hall–Kier alpha value is -1.11. The van der Waals surface area contributed by atoms with Gasteiger partial charge in [0.15, 0.2) is 0 Å². The molecular formula is C9H9O-. The Balaban J connectivity index is 2.85. The van der Waals surface area contributed by atoms with E-state index in [9.17, 15) is 4.79 Å². The number of rotatable bonds is 2. The second-order valence-corrected chi connectivity index (χ2v) is 2.04. The Morgan fingerprint density at radius 2 is 1.90 bits per heavy atom. The lowest BCUT2D eigenvalue weighted by Gasteiger charge is -1.97. The van der Waals surface area contributed by atoms with Gasteiger partial charge in [-0.3, -0.25) is 4.79 Å². The largest absolute Gasteiger partial charge is 0.336 e. The van der Waals surface area contributed by atoms with Crippen molar-refractivity contribution in [2.45, 2.75) is 6.42 Å². The fraction of sp³-hybridized carbons (Fsp3) is 0.111. The average molecular weight is 133 g/mol. The molecule has 0 N–H and O–H groups in total. The molecule has 0 saturated carbocycles. The van der Waals surface area contributed by atoms with Crippen LogP contribution in [0.1, 0.15) is 16.8 Å². The highest BCUT2D eigenvalue weighted by Crippen LogP contribution is 2.00. The van der Waals surface area contributed by atoms with Gasteiger partial charge in [0.1, 0.15) is 5.78 Å². The van der Waals surface area contributed by atoms with E-state index >= 15 is 0 Å². The summed E-state index contributed by atoms with van der Waals surface area (Å²) in [4.78, 5) is 11.0. The topological polar surface area (TPSA) is 17.1 Å². The van der Waals surface area contributed by atoms with E-state index in [-0.39, 0.29) is 5.78 Å². The second kappa shape index (κ2) is 3.16. The van der Waals surface area contributed by atoms with Crippen LogP contribution in [-0.2, 0) is 0 Å². The lowest BCUT2D eigenvalue weighted by molar-refractivity contribution is 0.0995. The van der Waals surface area contributed by atoms with Crippen molar-refractivity contribution in [3.63, 3.8) is 0 Å². The average Bonchev–Trinajstić information content (AvgIpc) is 2.05. The summed E-state index contributed by atoms with van der Waals surface area (Å²) in [6.07, 6.45) is 0.337. The van der Waals surface area contributed by atoms with E-state index in [2.05, 4.69) is 6.92 Å². The van der Waals surface area contributed by atoms with E-state index in [0.717, 1.165) is 5.56 Å². The van der Waals surface area contributed by atoms with E-state index in [1.807, 2.05) is 18.2 Å². The molecule has 1 aromatic carbocycles. The van der Waals surface area contributed by atoms with E-state index < -0.39 is 0 Å². The normalized spacial score (nSPS) is 9.30.